The van der Waals surface area contributed by atoms with Gasteiger partial charge in [-0.3, -0.25) is 0 Å². The summed E-state index contributed by atoms with van der Waals surface area (Å²) in [4.78, 5) is 0. The third-order valence-electron chi connectivity index (χ3n) is 4.86. The van der Waals surface area contributed by atoms with Gasteiger partial charge < -0.3 is 0 Å². The Balaban J connectivity index is 1.87. The maximum atomic E-state index is 3.67. The molecule has 1 aliphatic rings. The van der Waals surface area contributed by atoms with E-state index in [0.29, 0.717) is 5.54 Å². The van der Waals surface area contributed by atoms with E-state index in [-0.39, 0.29) is 0 Å². The summed E-state index contributed by atoms with van der Waals surface area (Å²) in [6.07, 6.45) is 4.69. The van der Waals surface area contributed by atoms with Gasteiger partial charge in [0.25, 0.3) is 0 Å². The van der Waals surface area contributed by atoms with Crippen LogP contribution in [-0.4, -0.2) is 19.4 Å². The van der Waals surface area contributed by atoms with Gasteiger partial charge in [0, 0.05) is 0 Å². The predicted molar refractivity (Wildman–Crippen MR) is 102 cm³/mol. The van der Waals surface area contributed by atoms with Crippen molar-refractivity contribution in [3.05, 3.63) is 70.1 Å². The van der Waals surface area contributed by atoms with Crippen molar-refractivity contribution in [3.8, 4) is 0 Å². The molecule has 1 nitrogen and oxygen atoms in total. The quantitative estimate of drug-likeness (QED) is 0.553. The number of halogens is 1. The summed E-state index contributed by atoms with van der Waals surface area (Å²) in [6.45, 7) is 4.93. The fourth-order valence-corrected chi connectivity index (χ4v) is 7.30. The fourth-order valence-electron chi connectivity index (χ4n) is 3.65. The van der Waals surface area contributed by atoms with E-state index in [4.69, 9.17) is 0 Å². The molecule has 0 saturated carbocycles. The molecule has 1 aromatic heterocycles. The minimum absolute atomic E-state index is 0.526. The molecule has 2 aromatic carbocycles. The molecule has 1 aliphatic carbocycles. The molecule has 1 unspecified atom stereocenters. The van der Waals surface area contributed by atoms with Gasteiger partial charge in [-0.25, -0.2) is 0 Å². The zero-order chi connectivity index (χ0) is 15.3. The van der Waals surface area contributed by atoms with Gasteiger partial charge in [-0.1, -0.05) is 0 Å². The molecule has 3 aromatic rings. The number of nitrogens with zero attached hydrogens (tertiary/aromatic N) is 1. The normalized spacial score (nSPS) is 17.0. The second-order valence-corrected chi connectivity index (χ2v) is 11.7. The number of hydrogen-bond donors (Lipinski definition) is 0. The third kappa shape index (κ3) is 2.01. The van der Waals surface area contributed by atoms with Crippen LogP contribution in [0.2, 0.25) is 13.1 Å². The molecule has 0 aliphatic heterocycles. The molecule has 22 heavy (non-hydrogen) atoms. The van der Waals surface area contributed by atoms with Crippen LogP contribution in [0.1, 0.15) is 16.7 Å². The standard InChI is InChI=1S/C18H17BBrNSi/c1-22(2,18-11-10-13-6-3-4-7-14(13)18)21-17-9-5-8-16(20)15(17)12-19-21/h3-12,18H,1-2H3. The van der Waals surface area contributed by atoms with Crippen molar-refractivity contribution in [1.82, 2.24) is 4.14 Å². The summed E-state index contributed by atoms with van der Waals surface area (Å²) in [7, 11) is 0.551. The molecular formula is C18H17BBrNSi. The molecule has 1 atom stereocenters. The Morgan fingerprint density at radius 2 is 1.91 bits per heavy atom. The van der Waals surface area contributed by atoms with Crippen molar-refractivity contribution in [1.29, 1.82) is 0 Å². The van der Waals surface area contributed by atoms with E-state index in [1.807, 2.05) is 0 Å². The number of fused-ring (bicyclic) bond motifs is 2. The first-order chi connectivity index (χ1) is 10.6. The van der Waals surface area contributed by atoms with Crippen LogP contribution in [0.3, 0.4) is 0 Å². The zero-order valence-corrected chi connectivity index (χ0v) is 15.3. The molecule has 4 heteroatoms. The number of allylic oxidation sites excluding steroid dienone is 1. The van der Waals surface area contributed by atoms with E-state index in [9.17, 15) is 0 Å². The van der Waals surface area contributed by atoms with E-state index < -0.39 is 8.24 Å². The van der Waals surface area contributed by atoms with Crippen LogP contribution in [0.5, 0.6) is 0 Å². The van der Waals surface area contributed by atoms with Crippen LogP contribution in [0, 0.1) is 0 Å². The van der Waals surface area contributed by atoms with Crippen LogP contribution in [-0.2, 0) is 0 Å². The fraction of sp³-hybridized carbons (Fsp3) is 0.167. The van der Waals surface area contributed by atoms with Crippen molar-refractivity contribution in [2.75, 3.05) is 0 Å². The monoisotopic (exact) mass is 365 g/mol. The van der Waals surface area contributed by atoms with E-state index in [1.165, 1.54) is 26.5 Å². The number of hydrogen-bond acceptors (Lipinski definition) is 0. The predicted octanol–water partition coefficient (Wildman–Crippen LogP) is 5.14. The molecule has 0 spiro atoms. The second kappa shape index (κ2) is 5.07. The summed E-state index contributed by atoms with van der Waals surface area (Å²) >= 11 is 3.67. The topological polar surface area (TPSA) is 4.93 Å². The zero-order valence-electron chi connectivity index (χ0n) is 12.8. The van der Waals surface area contributed by atoms with Crippen LogP contribution < -0.4 is 0 Å². The second-order valence-electron chi connectivity index (χ2n) is 6.48. The van der Waals surface area contributed by atoms with E-state index in [1.54, 1.807) is 0 Å². The third-order valence-corrected chi connectivity index (χ3v) is 9.21. The maximum absolute atomic E-state index is 3.67. The molecule has 0 radical (unpaired) electrons. The van der Waals surface area contributed by atoms with Crippen molar-refractivity contribution in [2.24, 2.45) is 0 Å². The molecule has 0 N–H and O–H groups in total. The minimum atomic E-state index is -1.72. The van der Waals surface area contributed by atoms with E-state index in [2.05, 4.69) is 101 Å². The van der Waals surface area contributed by atoms with Gasteiger partial charge in [-0.2, -0.15) is 0 Å². The Hall–Kier alpha value is -1.39. The number of aromatic nitrogens is 1. The van der Waals surface area contributed by atoms with Gasteiger partial charge in [0.05, 0.1) is 0 Å². The van der Waals surface area contributed by atoms with Crippen molar-refractivity contribution in [3.63, 3.8) is 0 Å². The van der Waals surface area contributed by atoms with Gasteiger partial charge in [0.15, 0.2) is 0 Å². The molecule has 108 valence electrons. The van der Waals surface area contributed by atoms with E-state index >= 15 is 0 Å². The van der Waals surface area contributed by atoms with Crippen LogP contribution in [0.4, 0.5) is 0 Å². The Morgan fingerprint density at radius 3 is 2.77 bits per heavy atom. The van der Waals surface area contributed by atoms with Gasteiger partial charge in [0.1, 0.15) is 0 Å². The van der Waals surface area contributed by atoms with Crippen molar-refractivity contribution < 1.29 is 0 Å². The molecule has 0 saturated heterocycles. The summed E-state index contributed by atoms with van der Waals surface area (Å²) < 4.78 is 3.72. The Bertz CT molecular complexity index is 897. The molecular weight excluding hydrogens is 349 g/mol. The Morgan fingerprint density at radius 1 is 1.09 bits per heavy atom. The molecule has 4 rings (SSSR count). The molecule has 0 bridgehead atoms. The molecule has 0 amide bonds. The molecule has 1 heterocycles. The Kier molecular flexibility index (Phi) is 3.28. The number of rotatable bonds is 2. The first-order valence-corrected chi connectivity index (χ1v) is 11.4. The van der Waals surface area contributed by atoms with Gasteiger partial charge >= 0.3 is 141 Å². The summed E-state index contributed by atoms with van der Waals surface area (Å²) in [6, 6.07) is 15.3. The van der Waals surface area contributed by atoms with E-state index in [0.717, 1.165) is 0 Å². The van der Waals surface area contributed by atoms with Crippen LogP contribution >= 0.6 is 15.9 Å². The van der Waals surface area contributed by atoms with Crippen LogP contribution in [0.15, 0.2) is 59.0 Å². The first kappa shape index (κ1) is 14.2. The van der Waals surface area contributed by atoms with Crippen LogP contribution in [0.25, 0.3) is 17.0 Å². The average Bonchev–Trinajstić information content (AvgIpc) is 3.12. The van der Waals surface area contributed by atoms with Crippen molar-refractivity contribution in [2.45, 2.75) is 18.6 Å². The molecule has 0 fully saturated rings. The van der Waals surface area contributed by atoms with Gasteiger partial charge in [-0.05, 0) is 0 Å². The summed E-state index contributed by atoms with van der Waals surface area (Å²) in [5, 5.41) is 1.30. The van der Waals surface area contributed by atoms with Gasteiger partial charge in [-0.15, -0.1) is 0 Å². The number of benzene rings is 2. The SMILES string of the molecule is C[Si](C)(C1C=Cc2ccccc21)n1bcc2c(Br)cccc21. The van der Waals surface area contributed by atoms with Gasteiger partial charge in [0.2, 0.25) is 0 Å². The average molecular weight is 366 g/mol. The first-order valence-electron chi connectivity index (χ1n) is 7.62. The summed E-state index contributed by atoms with van der Waals surface area (Å²) in [5.41, 5.74) is 4.73. The Labute approximate surface area is 141 Å². The summed E-state index contributed by atoms with van der Waals surface area (Å²) in [5.74, 6) is 2.23. The van der Waals surface area contributed by atoms with Crippen molar-refractivity contribution >= 4 is 48.2 Å².